The fourth-order valence-electron chi connectivity index (χ4n) is 8.32. The maximum absolute atomic E-state index is 12.9. The number of carbonyl (C=O) groups excluding carboxylic acids is 3. The van der Waals surface area contributed by atoms with Crippen LogP contribution in [0, 0.1) is 11.8 Å². The summed E-state index contributed by atoms with van der Waals surface area (Å²) in [5.41, 5.74) is 1.57. The van der Waals surface area contributed by atoms with E-state index < -0.39 is 47.1 Å². The summed E-state index contributed by atoms with van der Waals surface area (Å²) in [6, 6.07) is 13.7. The van der Waals surface area contributed by atoms with Gasteiger partial charge in [-0.3, -0.25) is 19.3 Å². The molecule has 2 heterocycles. The number of nitrogens with zero attached hydrogens (tertiary/aromatic N) is 1. The number of rotatable bonds is 9. The average Bonchev–Trinajstić information content (AvgIpc) is 3.53. The number of halogens is 2. The number of hydrogen-bond acceptors (Lipinski definition) is 10. The van der Waals surface area contributed by atoms with Crippen molar-refractivity contribution >= 4 is 52.4 Å². The fourth-order valence-corrected chi connectivity index (χ4v) is 9.34. The number of aliphatic hydroxyl groups is 4. The fraction of sp³-hybridized carbons (Fsp3) is 0.575. The van der Waals surface area contributed by atoms with Crippen molar-refractivity contribution in [1.82, 2.24) is 10.2 Å². The zero-order valence-corrected chi connectivity index (χ0v) is 33.0. The first kappa shape index (κ1) is 41.7. The maximum Gasteiger partial charge on any atom is 0.237 e. The van der Waals surface area contributed by atoms with Crippen molar-refractivity contribution in [2.75, 3.05) is 19.8 Å². The van der Waals surface area contributed by atoms with E-state index in [4.69, 9.17) is 27.9 Å². The molecule has 9 atom stereocenters. The molecule has 5 N–H and O–H groups in total. The van der Waals surface area contributed by atoms with Crippen LogP contribution in [0.25, 0.3) is 0 Å². The first-order chi connectivity index (χ1) is 25.3. The highest BCUT2D eigenvalue weighted by atomic mass is 35.5. The molecule has 53 heavy (non-hydrogen) atoms. The summed E-state index contributed by atoms with van der Waals surface area (Å²) in [4.78, 5) is 40.3. The van der Waals surface area contributed by atoms with Crippen LogP contribution in [0.4, 0.5) is 0 Å². The molecule has 2 aromatic carbocycles. The van der Waals surface area contributed by atoms with Crippen LogP contribution in [-0.4, -0.2) is 110 Å². The molecule has 2 aromatic rings. The molecule has 1 amide bonds. The van der Waals surface area contributed by atoms with Crippen LogP contribution in [-0.2, 0) is 9.53 Å². The number of alkyl halides is 1. The van der Waals surface area contributed by atoms with Crippen LogP contribution in [0.15, 0.2) is 59.9 Å². The topological polar surface area (TPSA) is 157 Å². The molecular formula is C40H52Cl2N2O8S. The maximum atomic E-state index is 12.9. The number of ether oxygens (including phenoxy) is 1. The zero-order chi connectivity index (χ0) is 38.6. The van der Waals surface area contributed by atoms with Gasteiger partial charge in [-0.05, 0) is 94.2 Å². The third-order valence-corrected chi connectivity index (χ3v) is 12.6. The molecule has 13 heteroatoms. The Kier molecular flexibility index (Phi) is 14.5. The number of nitrogens with one attached hydrogen (secondary N) is 1. The smallest absolute Gasteiger partial charge is 0.237 e. The number of carbonyl (C=O) groups is 3. The summed E-state index contributed by atoms with van der Waals surface area (Å²) < 4.78 is 5.79. The van der Waals surface area contributed by atoms with E-state index in [2.05, 4.69) is 24.4 Å². The Morgan fingerprint density at radius 1 is 0.962 bits per heavy atom. The lowest BCUT2D eigenvalue weighted by atomic mass is 9.72. The van der Waals surface area contributed by atoms with Gasteiger partial charge in [0, 0.05) is 28.3 Å². The second kappa shape index (κ2) is 18.4. The molecule has 3 fully saturated rings. The quantitative estimate of drug-likeness (QED) is 0.194. The molecule has 290 valence electrons. The lowest BCUT2D eigenvalue weighted by Gasteiger charge is -2.44. The van der Waals surface area contributed by atoms with Gasteiger partial charge in [-0.25, -0.2) is 0 Å². The van der Waals surface area contributed by atoms with Gasteiger partial charge in [0.15, 0.2) is 11.5 Å². The van der Waals surface area contributed by atoms with Gasteiger partial charge in [-0.2, -0.15) is 0 Å². The van der Waals surface area contributed by atoms with Gasteiger partial charge in [0.05, 0.1) is 17.5 Å². The third kappa shape index (κ3) is 9.32. The van der Waals surface area contributed by atoms with Crippen molar-refractivity contribution in [1.29, 1.82) is 0 Å². The van der Waals surface area contributed by atoms with Crippen LogP contribution in [0.1, 0.15) is 91.0 Å². The molecule has 2 saturated heterocycles. The molecule has 0 aromatic heterocycles. The number of benzene rings is 2. The van der Waals surface area contributed by atoms with Gasteiger partial charge in [0.25, 0.3) is 0 Å². The summed E-state index contributed by atoms with van der Waals surface area (Å²) in [5, 5.41) is 44.2. The highest BCUT2D eigenvalue weighted by Gasteiger charge is 2.48. The second-order valence-electron chi connectivity index (χ2n) is 14.8. The van der Waals surface area contributed by atoms with Crippen molar-refractivity contribution in [3.05, 3.63) is 81.6 Å². The molecule has 6 rings (SSSR count). The summed E-state index contributed by atoms with van der Waals surface area (Å²) in [6.45, 7) is 4.74. The Hall–Kier alpha value is -2.48. The van der Waals surface area contributed by atoms with Crippen molar-refractivity contribution < 1.29 is 39.5 Å². The molecule has 4 aliphatic rings. The summed E-state index contributed by atoms with van der Waals surface area (Å²) >= 11 is 13.5. The van der Waals surface area contributed by atoms with Gasteiger partial charge >= 0.3 is 0 Å². The van der Waals surface area contributed by atoms with Gasteiger partial charge in [-0.15, -0.1) is 23.4 Å². The number of aliphatic hydroxyl groups excluding tert-OH is 4. The normalized spacial score (nSPS) is 31.7. The van der Waals surface area contributed by atoms with Crippen LogP contribution in [0.3, 0.4) is 0 Å². The van der Waals surface area contributed by atoms with E-state index in [9.17, 15) is 34.8 Å². The zero-order valence-electron chi connectivity index (χ0n) is 30.7. The van der Waals surface area contributed by atoms with E-state index >= 15 is 0 Å². The number of Topliss-reactive ketones (excluding diaryl/α,β-unsaturated/α-hetero) is 2. The lowest BCUT2D eigenvalue weighted by molar-refractivity contribution is -0.205. The SMILES string of the molecule is CCC[C@@H]1C[C@@H](C(=O)N[C@@H]([C@H]2O[C@H](SC)[C@H](O)[C@@H](O)[C@H]2O)[C@H](C)Cl)N(C)C1.O=C1C(O)=C([C@H]2CC[C@H](c3ccc(Cl)cc3)CC2)C(=O)c2ccccc21. The van der Waals surface area contributed by atoms with E-state index in [1.807, 2.05) is 24.1 Å². The number of likely N-dealkylation sites (tertiary alicyclic amines) is 1. The first-order valence-corrected chi connectivity index (χ1v) is 20.6. The number of allylic oxidation sites excluding steroid dienone is 2. The number of fused-ring (bicyclic) bond motifs is 1. The minimum absolute atomic E-state index is 0.0663. The highest BCUT2D eigenvalue weighted by Crippen LogP contribution is 2.42. The van der Waals surface area contributed by atoms with Crippen LogP contribution < -0.4 is 5.32 Å². The molecule has 10 nitrogen and oxygen atoms in total. The van der Waals surface area contributed by atoms with Crippen molar-refractivity contribution in [3.63, 3.8) is 0 Å². The van der Waals surface area contributed by atoms with Gasteiger partial charge in [-0.1, -0.05) is 61.3 Å². The molecule has 0 unspecified atom stereocenters. The van der Waals surface area contributed by atoms with Gasteiger partial charge in [0.2, 0.25) is 11.7 Å². The van der Waals surface area contributed by atoms with Crippen LogP contribution in [0.2, 0.25) is 5.02 Å². The summed E-state index contributed by atoms with van der Waals surface area (Å²) in [5.74, 6) is -0.287. The monoisotopic (exact) mass is 790 g/mol. The number of thioether (sulfide) groups is 1. The summed E-state index contributed by atoms with van der Waals surface area (Å²) in [6.07, 6.45) is 3.32. The van der Waals surface area contributed by atoms with Crippen molar-refractivity contribution in [2.45, 2.75) is 112 Å². The van der Waals surface area contributed by atoms with Gasteiger partial charge in [0.1, 0.15) is 29.9 Å². The molecule has 0 spiro atoms. The molecule has 2 aliphatic heterocycles. The largest absolute Gasteiger partial charge is 0.504 e. The Balaban J connectivity index is 0.000000204. The van der Waals surface area contributed by atoms with E-state index in [1.165, 1.54) is 17.3 Å². The van der Waals surface area contributed by atoms with Crippen molar-refractivity contribution in [3.8, 4) is 0 Å². The average molecular weight is 792 g/mol. The second-order valence-corrected chi connectivity index (χ2v) is 16.9. The predicted molar refractivity (Wildman–Crippen MR) is 208 cm³/mol. The Morgan fingerprint density at radius 3 is 2.15 bits per heavy atom. The standard InChI is InChI=1S/C22H19ClO3.C18H33ClN2O5S/c23-16-11-9-14(10-12-16)13-5-7-15(8-6-13)19-20(24)17-3-1-2-4-18(17)21(25)22(19)26;1-5-6-10-7-11(21(3)8-10)17(25)20-12(9(2)19)16-14(23)13(22)15(24)18(26-16)27-4/h1-4,9-13,15,26H,5-8H2;9-16,18,22-24H,5-8H2,1-4H3,(H,20,25)/t13-,15-;9-,10+,11-,12+,13-,14+,15+,16+,18+/m.0/s1. The van der Waals surface area contributed by atoms with E-state index in [0.717, 1.165) is 56.5 Å². The Labute approximate surface area is 326 Å². The number of ketones is 2. The number of amides is 1. The van der Waals surface area contributed by atoms with Crippen LogP contribution >= 0.6 is 35.0 Å². The Morgan fingerprint density at radius 2 is 1.57 bits per heavy atom. The van der Waals surface area contributed by atoms with Crippen molar-refractivity contribution in [2.24, 2.45) is 11.8 Å². The minimum Gasteiger partial charge on any atom is -0.504 e. The molecular weight excluding hydrogens is 739 g/mol. The molecule has 0 radical (unpaired) electrons. The molecule has 1 saturated carbocycles. The predicted octanol–water partition coefficient (Wildman–Crippen LogP) is 5.89. The highest BCUT2D eigenvalue weighted by molar-refractivity contribution is 7.99. The Bertz CT molecular complexity index is 1630. The van der Waals surface area contributed by atoms with E-state index in [0.29, 0.717) is 28.5 Å². The summed E-state index contributed by atoms with van der Waals surface area (Å²) in [7, 11) is 1.94. The number of hydrogen-bond donors (Lipinski definition) is 5. The third-order valence-electron chi connectivity index (χ3n) is 11.2. The lowest BCUT2D eigenvalue weighted by Crippen LogP contribution is -2.65. The minimum atomic E-state index is -1.36. The van der Waals surface area contributed by atoms with Gasteiger partial charge < -0.3 is 30.5 Å². The van der Waals surface area contributed by atoms with Crippen LogP contribution in [0.5, 0.6) is 0 Å². The van der Waals surface area contributed by atoms with E-state index in [1.54, 1.807) is 37.4 Å². The molecule has 2 aliphatic carbocycles. The molecule has 0 bridgehead atoms. The first-order valence-electron chi connectivity index (χ1n) is 18.5. The number of likely N-dealkylation sites (N-methyl/N-ethyl adjacent to an activating group) is 1. The van der Waals surface area contributed by atoms with E-state index in [-0.39, 0.29) is 29.4 Å².